The van der Waals surface area contributed by atoms with Crippen molar-refractivity contribution in [1.29, 1.82) is 0 Å². The van der Waals surface area contributed by atoms with E-state index in [4.69, 9.17) is 0 Å². The van der Waals surface area contributed by atoms with E-state index < -0.39 is 0 Å². The highest BCUT2D eigenvalue weighted by molar-refractivity contribution is 6.38. The van der Waals surface area contributed by atoms with Gasteiger partial charge in [0.05, 0.1) is 11.4 Å². The largest absolute Gasteiger partial charge is 0.309 e. The van der Waals surface area contributed by atoms with Crippen molar-refractivity contribution < 1.29 is 0 Å². The zero-order valence-corrected chi connectivity index (χ0v) is 26.7. The number of hydrogen-bond acceptors (Lipinski definition) is 1. The summed E-state index contributed by atoms with van der Waals surface area (Å²) in [7, 11) is 0. The molecule has 49 heavy (non-hydrogen) atoms. The SMILES string of the molecule is c1ccc(N(c2cc3ccccc3c3ccccc23)c2cc3cccc4c5cccc6ccc7cccc(c8cccc2c8c34)c7c65)cc1. The molecule has 11 aromatic carbocycles. The molecule has 0 saturated carbocycles. The van der Waals surface area contributed by atoms with Gasteiger partial charge in [-0.25, -0.2) is 0 Å². The lowest BCUT2D eigenvalue weighted by Gasteiger charge is -2.29. The van der Waals surface area contributed by atoms with Gasteiger partial charge in [0.1, 0.15) is 0 Å². The monoisotopic (exact) mass is 619 g/mol. The van der Waals surface area contributed by atoms with Gasteiger partial charge in [0.25, 0.3) is 0 Å². The molecule has 0 aliphatic carbocycles. The van der Waals surface area contributed by atoms with Gasteiger partial charge in [-0.3, -0.25) is 0 Å². The number of hydrogen-bond donors (Lipinski definition) is 0. The molecule has 0 aliphatic rings. The standard InChI is InChI=1S/C48H29N/c1-2-16-34(17-3-1)49(43-28-32-12-4-5-18-35(32)36-19-6-7-20-37(36)43)44-29-33-15-10-23-39-38-21-8-13-30-26-27-31-14-9-22-40(46(31)45(30)38)41-24-11-25-42(44)48(41)47(33)39/h1-29H. The molecule has 0 saturated heterocycles. The molecular weight excluding hydrogens is 591 g/mol. The van der Waals surface area contributed by atoms with Gasteiger partial charge in [-0.1, -0.05) is 152 Å². The molecule has 0 N–H and O–H groups in total. The van der Waals surface area contributed by atoms with Crippen LogP contribution in [-0.4, -0.2) is 0 Å². The maximum atomic E-state index is 2.49. The van der Waals surface area contributed by atoms with E-state index in [2.05, 4.69) is 181 Å². The molecule has 0 bridgehead atoms. The third kappa shape index (κ3) is 3.70. The van der Waals surface area contributed by atoms with Crippen molar-refractivity contribution in [2.75, 3.05) is 4.90 Å². The number of para-hydroxylation sites is 1. The molecular formula is C48H29N. The molecule has 1 nitrogen and oxygen atoms in total. The highest BCUT2D eigenvalue weighted by atomic mass is 15.1. The van der Waals surface area contributed by atoms with Crippen molar-refractivity contribution in [2.24, 2.45) is 0 Å². The van der Waals surface area contributed by atoms with Gasteiger partial charge in [-0.05, 0) is 94.3 Å². The number of rotatable bonds is 3. The van der Waals surface area contributed by atoms with Crippen molar-refractivity contribution in [3.63, 3.8) is 0 Å². The Morgan fingerprint density at radius 1 is 0.245 bits per heavy atom. The Morgan fingerprint density at radius 3 is 1.37 bits per heavy atom. The zero-order valence-electron chi connectivity index (χ0n) is 26.7. The second-order valence-corrected chi connectivity index (χ2v) is 13.2. The van der Waals surface area contributed by atoms with Crippen molar-refractivity contribution in [2.45, 2.75) is 0 Å². The van der Waals surface area contributed by atoms with Crippen LogP contribution in [0.5, 0.6) is 0 Å². The second kappa shape index (κ2) is 10.0. The van der Waals surface area contributed by atoms with Crippen LogP contribution >= 0.6 is 0 Å². The van der Waals surface area contributed by atoms with E-state index in [1.807, 2.05) is 0 Å². The topological polar surface area (TPSA) is 3.24 Å². The fourth-order valence-corrected chi connectivity index (χ4v) is 8.67. The quantitative estimate of drug-likeness (QED) is 0.178. The Morgan fingerprint density at radius 2 is 0.673 bits per heavy atom. The summed E-state index contributed by atoms with van der Waals surface area (Å²) in [5, 5.41) is 20.5. The summed E-state index contributed by atoms with van der Waals surface area (Å²) in [6.45, 7) is 0. The van der Waals surface area contributed by atoms with E-state index >= 15 is 0 Å². The Balaban J connectivity index is 1.38. The van der Waals surface area contributed by atoms with Crippen molar-refractivity contribution in [1.82, 2.24) is 0 Å². The first-order valence-electron chi connectivity index (χ1n) is 17.0. The second-order valence-electron chi connectivity index (χ2n) is 13.2. The highest BCUT2D eigenvalue weighted by Gasteiger charge is 2.22. The lowest BCUT2D eigenvalue weighted by Crippen LogP contribution is -2.11. The van der Waals surface area contributed by atoms with Gasteiger partial charge in [0, 0.05) is 21.8 Å². The van der Waals surface area contributed by atoms with E-state index in [1.165, 1.54) is 97.6 Å². The average molecular weight is 620 g/mol. The van der Waals surface area contributed by atoms with Crippen molar-refractivity contribution >= 4 is 103 Å². The Kier molecular flexibility index (Phi) is 5.45. The first-order valence-corrected chi connectivity index (χ1v) is 17.0. The van der Waals surface area contributed by atoms with Crippen LogP contribution in [0.15, 0.2) is 176 Å². The summed E-state index contributed by atoms with van der Waals surface area (Å²) in [5.41, 5.74) is 3.48. The van der Waals surface area contributed by atoms with Crippen LogP contribution in [-0.2, 0) is 0 Å². The third-order valence-corrected chi connectivity index (χ3v) is 10.7. The highest BCUT2D eigenvalue weighted by Crippen LogP contribution is 2.49. The van der Waals surface area contributed by atoms with E-state index in [0.29, 0.717) is 0 Å². The molecule has 0 heterocycles. The van der Waals surface area contributed by atoms with Gasteiger partial charge in [0.2, 0.25) is 0 Å². The fraction of sp³-hybridized carbons (Fsp3) is 0. The summed E-state index contributed by atoms with van der Waals surface area (Å²) in [5.74, 6) is 0. The third-order valence-electron chi connectivity index (χ3n) is 10.7. The average Bonchev–Trinajstić information content (AvgIpc) is 3.17. The molecule has 0 unspecified atom stereocenters. The minimum atomic E-state index is 1.13. The minimum Gasteiger partial charge on any atom is -0.309 e. The summed E-state index contributed by atoms with van der Waals surface area (Å²) in [4.78, 5) is 2.49. The van der Waals surface area contributed by atoms with Crippen LogP contribution in [0.1, 0.15) is 0 Å². The molecule has 0 radical (unpaired) electrons. The summed E-state index contributed by atoms with van der Waals surface area (Å²) >= 11 is 0. The lowest BCUT2D eigenvalue weighted by molar-refractivity contribution is 1.32. The normalized spacial score (nSPS) is 12.1. The Bertz CT molecular complexity index is 3100. The van der Waals surface area contributed by atoms with Gasteiger partial charge in [-0.2, -0.15) is 0 Å². The molecule has 0 atom stereocenters. The Hall–Kier alpha value is -6.44. The van der Waals surface area contributed by atoms with Crippen LogP contribution < -0.4 is 4.90 Å². The number of nitrogens with zero attached hydrogens (tertiary/aromatic N) is 1. The van der Waals surface area contributed by atoms with Crippen LogP contribution in [0.3, 0.4) is 0 Å². The predicted octanol–water partition coefficient (Wildman–Crippen LogP) is 13.8. The first-order chi connectivity index (χ1) is 24.3. The van der Waals surface area contributed by atoms with Crippen LogP contribution in [0, 0.1) is 0 Å². The summed E-state index contributed by atoms with van der Waals surface area (Å²) in [6, 6.07) is 65.2. The molecule has 11 aromatic rings. The number of anilines is 3. The van der Waals surface area contributed by atoms with Crippen molar-refractivity contribution in [3.05, 3.63) is 176 Å². The Labute approximate surface area is 283 Å². The van der Waals surface area contributed by atoms with E-state index in [-0.39, 0.29) is 0 Å². The van der Waals surface area contributed by atoms with E-state index in [9.17, 15) is 0 Å². The molecule has 0 fully saturated rings. The van der Waals surface area contributed by atoms with E-state index in [0.717, 1.165) is 5.69 Å². The van der Waals surface area contributed by atoms with Crippen LogP contribution in [0.25, 0.3) is 86.2 Å². The molecule has 226 valence electrons. The summed E-state index contributed by atoms with van der Waals surface area (Å²) in [6.07, 6.45) is 0. The summed E-state index contributed by atoms with van der Waals surface area (Å²) < 4.78 is 0. The van der Waals surface area contributed by atoms with Gasteiger partial charge in [0.15, 0.2) is 0 Å². The predicted molar refractivity (Wildman–Crippen MR) is 212 cm³/mol. The van der Waals surface area contributed by atoms with Gasteiger partial charge >= 0.3 is 0 Å². The fourth-order valence-electron chi connectivity index (χ4n) is 8.67. The smallest absolute Gasteiger partial charge is 0.0546 e. The lowest BCUT2D eigenvalue weighted by atomic mass is 9.87. The van der Waals surface area contributed by atoms with Gasteiger partial charge in [-0.15, -0.1) is 0 Å². The first kappa shape index (κ1) is 26.6. The van der Waals surface area contributed by atoms with E-state index in [1.54, 1.807) is 0 Å². The molecule has 0 spiro atoms. The number of benzene rings is 10. The van der Waals surface area contributed by atoms with Gasteiger partial charge < -0.3 is 4.90 Å². The van der Waals surface area contributed by atoms with Crippen LogP contribution in [0.4, 0.5) is 17.1 Å². The van der Waals surface area contributed by atoms with Crippen LogP contribution in [0.2, 0.25) is 0 Å². The maximum Gasteiger partial charge on any atom is 0.0546 e. The molecule has 1 heteroatoms. The molecule has 0 aliphatic heterocycles. The molecule has 0 aromatic heterocycles. The minimum absolute atomic E-state index is 1.13. The molecule has 0 amide bonds. The zero-order chi connectivity index (χ0) is 32.1. The van der Waals surface area contributed by atoms with Crippen molar-refractivity contribution in [3.8, 4) is 0 Å². The number of fused-ring (bicyclic) bond motifs is 5. The maximum absolute atomic E-state index is 2.49. The molecule has 11 rings (SSSR count).